The number of amides is 1. The average Bonchev–Trinajstić information content (AvgIpc) is 3.32. The molecule has 31 heavy (non-hydrogen) atoms. The number of aryl methyl sites for hydroxylation is 1. The Kier molecular flexibility index (Phi) is 7.46. The van der Waals surface area contributed by atoms with Crippen molar-refractivity contribution < 1.29 is 28.0 Å². The standard InChI is InChI=1S/C23H28N2O6/c1-5-6-10-19(22(26)24-20-12-15(4)31-25-20)30-23(27)21-17(13-28-14(2)3)16-9-7-8-11-18(16)29-21/h7-9,11-12,14,19H,5-6,10,13H2,1-4H3,(H,24,25,26). The number of hydrogen-bond acceptors (Lipinski definition) is 7. The lowest BCUT2D eigenvalue weighted by molar-refractivity contribution is -0.125. The lowest BCUT2D eigenvalue weighted by Crippen LogP contribution is -2.33. The van der Waals surface area contributed by atoms with Crippen molar-refractivity contribution in [2.24, 2.45) is 0 Å². The molecule has 0 aliphatic heterocycles. The number of unbranched alkanes of at least 4 members (excludes halogenated alkanes) is 1. The van der Waals surface area contributed by atoms with E-state index >= 15 is 0 Å². The summed E-state index contributed by atoms with van der Waals surface area (Å²) in [6.07, 6.45) is 0.932. The van der Waals surface area contributed by atoms with Crippen molar-refractivity contribution in [3.63, 3.8) is 0 Å². The van der Waals surface area contributed by atoms with E-state index < -0.39 is 18.0 Å². The van der Waals surface area contributed by atoms with Gasteiger partial charge in [0.25, 0.3) is 5.91 Å². The van der Waals surface area contributed by atoms with Crippen molar-refractivity contribution in [1.29, 1.82) is 0 Å². The molecule has 8 heteroatoms. The quantitative estimate of drug-likeness (QED) is 0.453. The lowest BCUT2D eigenvalue weighted by atomic mass is 10.1. The molecular weight excluding hydrogens is 400 g/mol. The van der Waals surface area contributed by atoms with E-state index in [-0.39, 0.29) is 24.3 Å². The minimum absolute atomic E-state index is 0.0217. The Bertz CT molecular complexity index is 1040. The molecule has 2 aromatic heterocycles. The predicted octanol–water partition coefficient (Wildman–Crippen LogP) is 5.01. The zero-order valence-corrected chi connectivity index (χ0v) is 18.3. The number of furan rings is 1. The fraction of sp³-hybridized carbons (Fsp3) is 0.435. The van der Waals surface area contributed by atoms with Crippen molar-refractivity contribution in [1.82, 2.24) is 5.16 Å². The molecule has 1 N–H and O–H groups in total. The van der Waals surface area contributed by atoms with Crippen molar-refractivity contribution in [3.05, 3.63) is 47.4 Å². The van der Waals surface area contributed by atoms with Crippen molar-refractivity contribution in [2.45, 2.75) is 65.8 Å². The van der Waals surface area contributed by atoms with Gasteiger partial charge in [-0.05, 0) is 39.7 Å². The second-order valence-corrected chi connectivity index (χ2v) is 7.61. The van der Waals surface area contributed by atoms with Gasteiger partial charge in [0.2, 0.25) is 5.76 Å². The summed E-state index contributed by atoms with van der Waals surface area (Å²) in [6.45, 7) is 7.75. The maximum absolute atomic E-state index is 13.0. The summed E-state index contributed by atoms with van der Waals surface area (Å²) in [5, 5.41) is 7.17. The van der Waals surface area contributed by atoms with Crippen molar-refractivity contribution in [2.75, 3.05) is 5.32 Å². The SMILES string of the molecule is CCCCC(OC(=O)c1oc2ccccc2c1COC(C)C)C(=O)Nc1cc(C)on1. The highest BCUT2D eigenvalue weighted by atomic mass is 16.6. The maximum Gasteiger partial charge on any atom is 0.375 e. The molecule has 0 saturated carbocycles. The monoisotopic (exact) mass is 428 g/mol. The van der Waals surface area contributed by atoms with Crippen LogP contribution in [0.15, 0.2) is 39.3 Å². The number of hydrogen-bond donors (Lipinski definition) is 1. The van der Waals surface area contributed by atoms with Gasteiger partial charge < -0.3 is 23.7 Å². The number of fused-ring (bicyclic) bond motifs is 1. The molecule has 0 aliphatic carbocycles. The van der Waals surface area contributed by atoms with Crippen LogP contribution in [0.2, 0.25) is 0 Å². The number of ether oxygens (including phenoxy) is 2. The van der Waals surface area contributed by atoms with E-state index in [1.165, 1.54) is 0 Å². The molecule has 1 amide bonds. The Morgan fingerprint density at radius 1 is 1.23 bits per heavy atom. The van der Waals surface area contributed by atoms with Gasteiger partial charge in [-0.3, -0.25) is 4.79 Å². The number of para-hydroxylation sites is 1. The molecule has 1 unspecified atom stereocenters. The first-order valence-corrected chi connectivity index (χ1v) is 10.5. The maximum atomic E-state index is 13.0. The van der Waals surface area contributed by atoms with Crippen LogP contribution in [0.4, 0.5) is 5.82 Å². The molecule has 0 fully saturated rings. The van der Waals surface area contributed by atoms with Crippen LogP contribution in [0.1, 0.15) is 61.9 Å². The van der Waals surface area contributed by atoms with E-state index in [0.717, 1.165) is 11.8 Å². The van der Waals surface area contributed by atoms with Gasteiger partial charge in [0.1, 0.15) is 11.3 Å². The summed E-state index contributed by atoms with van der Waals surface area (Å²) in [4.78, 5) is 25.8. The van der Waals surface area contributed by atoms with Gasteiger partial charge in [0.15, 0.2) is 11.9 Å². The Morgan fingerprint density at radius 2 is 2.00 bits per heavy atom. The van der Waals surface area contributed by atoms with Gasteiger partial charge >= 0.3 is 5.97 Å². The van der Waals surface area contributed by atoms with Crippen LogP contribution in [-0.2, 0) is 20.9 Å². The Hall–Kier alpha value is -3.13. The molecule has 8 nitrogen and oxygen atoms in total. The first kappa shape index (κ1) is 22.6. The summed E-state index contributed by atoms with van der Waals surface area (Å²) in [5.41, 5.74) is 1.17. The van der Waals surface area contributed by atoms with Crippen LogP contribution in [0, 0.1) is 6.92 Å². The molecule has 3 rings (SSSR count). The number of esters is 1. The lowest BCUT2D eigenvalue weighted by Gasteiger charge is -2.16. The fourth-order valence-electron chi connectivity index (χ4n) is 3.10. The summed E-state index contributed by atoms with van der Waals surface area (Å²) in [7, 11) is 0. The average molecular weight is 428 g/mol. The van der Waals surface area contributed by atoms with Crippen LogP contribution in [0.5, 0.6) is 0 Å². The highest BCUT2D eigenvalue weighted by Gasteiger charge is 2.28. The number of carbonyl (C=O) groups is 2. The highest BCUT2D eigenvalue weighted by molar-refractivity contribution is 5.99. The van der Waals surface area contributed by atoms with Gasteiger partial charge in [-0.2, -0.15) is 0 Å². The molecular formula is C23H28N2O6. The van der Waals surface area contributed by atoms with Crippen LogP contribution >= 0.6 is 0 Å². The molecule has 2 heterocycles. The Labute approximate surface area is 180 Å². The number of carbonyl (C=O) groups excluding carboxylic acids is 2. The number of rotatable bonds is 10. The van der Waals surface area contributed by atoms with Crippen LogP contribution in [0.25, 0.3) is 11.0 Å². The smallest absolute Gasteiger partial charge is 0.375 e. The van der Waals surface area contributed by atoms with E-state index in [2.05, 4.69) is 10.5 Å². The molecule has 3 aromatic rings. The Balaban J connectivity index is 1.82. The molecule has 0 radical (unpaired) electrons. The zero-order chi connectivity index (χ0) is 22.4. The van der Waals surface area contributed by atoms with Crippen molar-refractivity contribution in [3.8, 4) is 0 Å². The second kappa shape index (κ2) is 10.3. The first-order valence-electron chi connectivity index (χ1n) is 10.5. The fourth-order valence-corrected chi connectivity index (χ4v) is 3.10. The normalized spacial score (nSPS) is 12.3. The van der Waals surface area contributed by atoms with E-state index in [1.807, 2.05) is 39.0 Å². The highest BCUT2D eigenvalue weighted by Crippen LogP contribution is 2.28. The topological polar surface area (TPSA) is 104 Å². The zero-order valence-electron chi connectivity index (χ0n) is 18.3. The van der Waals surface area contributed by atoms with Crippen LogP contribution < -0.4 is 5.32 Å². The van der Waals surface area contributed by atoms with E-state index in [0.29, 0.717) is 29.7 Å². The van der Waals surface area contributed by atoms with Gasteiger partial charge in [-0.1, -0.05) is 36.7 Å². The molecule has 0 bridgehead atoms. The molecule has 1 aromatic carbocycles. The molecule has 0 saturated heterocycles. The minimum Gasteiger partial charge on any atom is -0.449 e. The van der Waals surface area contributed by atoms with E-state index in [4.69, 9.17) is 18.4 Å². The van der Waals surface area contributed by atoms with Gasteiger partial charge in [-0.15, -0.1) is 0 Å². The third-order valence-corrected chi connectivity index (χ3v) is 4.69. The summed E-state index contributed by atoms with van der Waals surface area (Å²) in [6, 6.07) is 8.92. The number of nitrogens with zero attached hydrogens (tertiary/aromatic N) is 1. The van der Waals surface area contributed by atoms with E-state index in [9.17, 15) is 9.59 Å². The minimum atomic E-state index is -0.989. The summed E-state index contributed by atoms with van der Waals surface area (Å²) >= 11 is 0. The number of benzene rings is 1. The summed E-state index contributed by atoms with van der Waals surface area (Å²) < 4.78 is 22.1. The third-order valence-electron chi connectivity index (χ3n) is 4.69. The van der Waals surface area contributed by atoms with Crippen LogP contribution in [0.3, 0.4) is 0 Å². The molecule has 0 aliphatic rings. The third kappa shape index (κ3) is 5.73. The predicted molar refractivity (Wildman–Crippen MR) is 115 cm³/mol. The number of nitrogens with one attached hydrogen (secondary N) is 1. The molecule has 0 spiro atoms. The first-order chi connectivity index (χ1) is 14.9. The van der Waals surface area contributed by atoms with E-state index in [1.54, 1.807) is 19.1 Å². The van der Waals surface area contributed by atoms with Crippen LogP contribution in [-0.4, -0.2) is 29.2 Å². The van der Waals surface area contributed by atoms with Gasteiger partial charge in [-0.25, -0.2) is 4.79 Å². The number of aromatic nitrogens is 1. The van der Waals surface area contributed by atoms with Gasteiger partial charge in [0, 0.05) is 17.0 Å². The largest absolute Gasteiger partial charge is 0.449 e. The van der Waals surface area contributed by atoms with Gasteiger partial charge in [0.05, 0.1) is 12.7 Å². The summed E-state index contributed by atoms with van der Waals surface area (Å²) in [5.74, 6) is -0.282. The Morgan fingerprint density at radius 3 is 2.68 bits per heavy atom. The molecule has 1 atom stereocenters. The second-order valence-electron chi connectivity index (χ2n) is 7.61. The molecule has 166 valence electrons. The number of anilines is 1. The van der Waals surface area contributed by atoms with Crippen molar-refractivity contribution >= 4 is 28.7 Å².